The third kappa shape index (κ3) is 4.87. The standard InChI is InChI=1S/C22H20ClN5O2/c1-16-5-4-6-17(11-16)13-28-14-18(12-24-28)25-22(29)20-9-10-27(26-20)15-30-21-8-3-2-7-19(21)23/h2-12,14H,13,15H2,1H3,(H,25,29). The van der Waals surface area contributed by atoms with Crippen LogP contribution in [0.1, 0.15) is 21.6 Å². The lowest BCUT2D eigenvalue weighted by molar-refractivity contribution is 0.102. The molecule has 0 atom stereocenters. The van der Waals surface area contributed by atoms with Crippen LogP contribution in [0, 0.1) is 6.92 Å². The van der Waals surface area contributed by atoms with Crippen molar-refractivity contribution in [2.45, 2.75) is 20.2 Å². The molecule has 0 bridgehead atoms. The molecule has 152 valence electrons. The molecule has 30 heavy (non-hydrogen) atoms. The molecule has 0 aliphatic heterocycles. The minimum Gasteiger partial charge on any atom is -0.470 e. The van der Waals surface area contributed by atoms with Gasteiger partial charge in [-0.2, -0.15) is 10.2 Å². The van der Waals surface area contributed by atoms with Crippen molar-refractivity contribution >= 4 is 23.2 Å². The number of carbonyl (C=O) groups is 1. The summed E-state index contributed by atoms with van der Waals surface area (Å²) < 4.78 is 8.93. The van der Waals surface area contributed by atoms with Crippen LogP contribution in [0.2, 0.25) is 5.02 Å². The highest BCUT2D eigenvalue weighted by Crippen LogP contribution is 2.23. The molecule has 0 saturated heterocycles. The Labute approximate surface area is 178 Å². The average Bonchev–Trinajstić information content (AvgIpc) is 3.37. The summed E-state index contributed by atoms with van der Waals surface area (Å²) in [5.74, 6) is 0.239. The van der Waals surface area contributed by atoms with Gasteiger partial charge in [0.05, 0.1) is 23.5 Å². The van der Waals surface area contributed by atoms with Crippen molar-refractivity contribution in [3.63, 3.8) is 0 Å². The van der Waals surface area contributed by atoms with E-state index in [-0.39, 0.29) is 18.3 Å². The predicted molar refractivity (Wildman–Crippen MR) is 115 cm³/mol. The first-order valence-electron chi connectivity index (χ1n) is 9.37. The van der Waals surface area contributed by atoms with Gasteiger partial charge in [-0.1, -0.05) is 53.6 Å². The quantitative estimate of drug-likeness (QED) is 0.480. The van der Waals surface area contributed by atoms with Crippen LogP contribution >= 0.6 is 11.6 Å². The van der Waals surface area contributed by atoms with Gasteiger partial charge < -0.3 is 10.1 Å². The minimum atomic E-state index is -0.318. The zero-order chi connectivity index (χ0) is 20.9. The molecule has 2 heterocycles. The molecule has 8 heteroatoms. The fourth-order valence-corrected chi connectivity index (χ4v) is 3.15. The molecule has 0 spiro atoms. The van der Waals surface area contributed by atoms with Crippen LogP contribution in [0.25, 0.3) is 0 Å². The maximum atomic E-state index is 12.5. The van der Waals surface area contributed by atoms with Crippen molar-refractivity contribution in [1.29, 1.82) is 0 Å². The van der Waals surface area contributed by atoms with Gasteiger partial charge in [-0.05, 0) is 30.7 Å². The Balaban J connectivity index is 1.34. The largest absolute Gasteiger partial charge is 0.470 e. The molecule has 4 rings (SSSR count). The number of nitrogens with zero attached hydrogens (tertiary/aromatic N) is 4. The minimum absolute atomic E-state index is 0.144. The second-order valence-corrected chi connectivity index (χ2v) is 7.22. The topological polar surface area (TPSA) is 74.0 Å². The van der Waals surface area contributed by atoms with E-state index in [0.29, 0.717) is 23.0 Å². The van der Waals surface area contributed by atoms with Crippen molar-refractivity contribution in [3.05, 3.63) is 95.0 Å². The van der Waals surface area contributed by atoms with Crippen molar-refractivity contribution < 1.29 is 9.53 Å². The van der Waals surface area contributed by atoms with Gasteiger partial charge >= 0.3 is 0 Å². The Bertz CT molecular complexity index is 1170. The van der Waals surface area contributed by atoms with Gasteiger partial charge in [-0.25, -0.2) is 4.68 Å². The van der Waals surface area contributed by atoms with E-state index in [2.05, 4.69) is 34.6 Å². The predicted octanol–water partition coefficient (Wildman–Crippen LogP) is 4.38. The van der Waals surface area contributed by atoms with Gasteiger partial charge in [0.2, 0.25) is 0 Å². The molecule has 2 aromatic heterocycles. The number of rotatable bonds is 7. The number of amides is 1. The van der Waals surface area contributed by atoms with Gasteiger partial charge in [0.25, 0.3) is 5.91 Å². The van der Waals surface area contributed by atoms with Crippen LogP contribution in [-0.2, 0) is 13.3 Å². The first-order valence-corrected chi connectivity index (χ1v) is 9.75. The van der Waals surface area contributed by atoms with Gasteiger partial charge in [0.15, 0.2) is 12.4 Å². The van der Waals surface area contributed by atoms with Crippen molar-refractivity contribution in [3.8, 4) is 5.75 Å². The Kier molecular flexibility index (Phi) is 5.81. The molecule has 0 unspecified atom stereocenters. The molecule has 0 fully saturated rings. The normalized spacial score (nSPS) is 10.7. The lowest BCUT2D eigenvalue weighted by atomic mass is 10.1. The molecule has 0 aliphatic rings. The lowest BCUT2D eigenvalue weighted by Crippen LogP contribution is -2.14. The van der Waals surface area contributed by atoms with Crippen LogP contribution < -0.4 is 10.1 Å². The van der Waals surface area contributed by atoms with Crippen LogP contribution in [-0.4, -0.2) is 25.5 Å². The van der Waals surface area contributed by atoms with E-state index in [9.17, 15) is 4.79 Å². The fourth-order valence-electron chi connectivity index (χ4n) is 2.96. The summed E-state index contributed by atoms with van der Waals surface area (Å²) in [6, 6.07) is 17.0. The van der Waals surface area contributed by atoms with Gasteiger partial charge in [0, 0.05) is 12.4 Å². The van der Waals surface area contributed by atoms with E-state index in [1.54, 1.807) is 41.5 Å². The highest BCUT2D eigenvalue weighted by atomic mass is 35.5. The molecule has 0 aliphatic carbocycles. The molecular formula is C22H20ClN5O2. The number of hydrogen-bond acceptors (Lipinski definition) is 4. The number of para-hydroxylation sites is 1. The fraction of sp³-hybridized carbons (Fsp3) is 0.136. The first kappa shape index (κ1) is 19.7. The van der Waals surface area contributed by atoms with E-state index < -0.39 is 0 Å². The smallest absolute Gasteiger partial charge is 0.276 e. The Morgan fingerprint density at radius 2 is 2.00 bits per heavy atom. The molecule has 1 N–H and O–H groups in total. The van der Waals surface area contributed by atoms with E-state index in [1.165, 1.54) is 10.2 Å². The Hall–Kier alpha value is -3.58. The zero-order valence-corrected chi connectivity index (χ0v) is 17.1. The second-order valence-electron chi connectivity index (χ2n) is 6.81. The molecule has 7 nitrogen and oxygen atoms in total. The summed E-state index contributed by atoms with van der Waals surface area (Å²) in [6.45, 7) is 2.83. The lowest BCUT2D eigenvalue weighted by Gasteiger charge is -2.07. The Morgan fingerprint density at radius 1 is 1.13 bits per heavy atom. The molecule has 0 radical (unpaired) electrons. The highest BCUT2D eigenvalue weighted by molar-refractivity contribution is 6.32. The van der Waals surface area contributed by atoms with Gasteiger partial charge in [-0.3, -0.25) is 9.48 Å². The number of halogens is 1. The SMILES string of the molecule is Cc1cccc(Cn2cc(NC(=O)c3ccn(COc4ccccc4Cl)n3)cn2)c1. The monoisotopic (exact) mass is 421 g/mol. The summed E-state index contributed by atoms with van der Waals surface area (Å²) >= 11 is 6.07. The number of hydrogen-bond donors (Lipinski definition) is 1. The zero-order valence-electron chi connectivity index (χ0n) is 16.3. The number of benzene rings is 2. The summed E-state index contributed by atoms with van der Waals surface area (Å²) in [7, 11) is 0. The van der Waals surface area contributed by atoms with Crippen molar-refractivity contribution in [1.82, 2.24) is 19.6 Å². The summed E-state index contributed by atoms with van der Waals surface area (Å²) in [6.07, 6.45) is 5.08. The molecular weight excluding hydrogens is 402 g/mol. The van der Waals surface area contributed by atoms with Crippen LogP contribution in [0.5, 0.6) is 5.75 Å². The second kappa shape index (κ2) is 8.84. The number of nitrogens with one attached hydrogen (secondary N) is 1. The highest BCUT2D eigenvalue weighted by Gasteiger charge is 2.12. The molecule has 2 aromatic carbocycles. The summed E-state index contributed by atoms with van der Waals surface area (Å²) in [4.78, 5) is 12.5. The van der Waals surface area contributed by atoms with Gasteiger partial charge in [-0.15, -0.1) is 0 Å². The number of anilines is 1. The van der Waals surface area contributed by atoms with Crippen molar-refractivity contribution in [2.75, 3.05) is 5.32 Å². The van der Waals surface area contributed by atoms with E-state index in [4.69, 9.17) is 16.3 Å². The summed E-state index contributed by atoms with van der Waals surface area (Å²) in [5.41, 5.74) is 3.23. The summed E-state index contributed by atoms with van der Waals surface area (Å²) in [5, 5.41) is 11.9. The molecule has 1 amide bonds. The number of carbonyl (C=O) groups excluding carboxylic acids is 1. The van der Waals surface area contributed by atoms with E-state index in [0.717, 1.165) is 5.56 Å². The van der Waals surface area contributed by atoms with Gasteiger partial charge in [0.1, 0.15) is 5.75 Å². The van der Waals surface area contributed by atoms with E-state index >= 15 is 0 Å². The van der Waals surface area contributed by atoms with Crippen LogP contribution in [0.3, 0.4) is 0 Å². The van der Waals surface area contributed by atoms with Crippen LogP contribution in [0.4, 0.5) is 5.69 Å². The molecule has 0 saturated carbocycles. The number of ether oxygens (including phenoxy) is 1. The number of aryl methyl sites for hydroxylation is 1. The van der Waals surface area contributed by atoms with E-state index in [1.807, 2.05) is 24.3 Å². The van der Waals surface area contributed by atoms with Crippen LogP contribution in [0.15, 0.2) is 73.2 Å². The number of aromatic nitrogens is 4. The Morgan fingerprint density at radius 3 is 2.83 bits per heavy atom. The third-order valence-electron chi connectivity index (χ3n) is 4.38. The molecule has 4 aromatic rings. The van der Waals surface area contributed by atoms with Crippen molar-refractivity contribution in [2.24, 2.45) is 0 Å². The first-order chi connectivity index (χ1) is 14.6. The average molecular weight is 422 g/mol. The maximum Gasteiger partial charge on any atom is 0.276 e. The maximum absolute atomic E-state index is 12.5. The third-order valence-corrected chi connectivity index (χ3v) is 4.69.